The largest absolute Gasteiger partial charge is 0.349 e. The van der Waals surface area contributed by atoms with E-state index in [-0.39, 0.29) is 10.8 Å². The summed E-state index contributed by atoms with van der Waals surface area (Å²) in [6.07, 6.45) is 1.57. The quantitative estimate of drug-likeness (QED) is 0.837. The first-order chi connectivity index (χ1) is 9.21. The van der Waals surface area contributed by atoms with Gasteiger partial charge in [-0.2, -0.15) is 0 Å². The molecule has 1 rings (SSSR count). The molecule has 0 saturated carbocycles. The molecule has 0 spiro atoms. The van der Waals surface area contributed by atoms with E-state index in [0.29, 0.717) is 17.7 Å². The smallest absolute Gasteiger partial charge is 0.251 e. The van der Waals surface area contributed by atoms with E-state index in [0.717, 1.165) is 9.87 Å². The van der Waals surface area contributed by atoms with Gasteiger partial charge in [-0.1, -0.05) is 6.08 Å². The summed E-state index contributed by atoms with van der Waals surface area (Å²) in [6.45, 7) is 7.37. The number of aryl methyl sites for hydroxylation is 1. The van der Waals surface area contributed by atoms with E-state index in [2.05, 4.69) is 11.9 Å². The summed E-state index contributed by atoms with van der Waals surface area (Å²) in [7, 11) is -0.640. The van der Waals surface area contributed by atoms with Crippen LogP contribution in [0, 0.1) is 13.8 Å². The van der Waals surface area contributed by atoms with Crippen LogP contribution in [0.5, 0.6) is 0 Å². The van der Waals surface area contributed by atoms with Crippen molar-refractivity contribution in [2.45, 2.75) is 18.7 Å². The number of sulfonamides is 1. The molecule has 1 aromatic rings. The summed E-state index contributed by atoms with van der Waals surface area (Å²) < 4.78 is 25.7. The van der Waals surface area contributed by atoms with Crippen LogP contribution in [-0.2, 0) is 10.0 Å². The summed E-state index contributed by atoms with van der Waals surface area (Å²) in [5, 5.41) is 2.64. The van der Waals surface area contributed by atoms with Gasteiger partial charge in [0.25, 0.3) is 5.91 Å². The van der Waals surface area contributed by atoms with Crippen molar-refractivity contribution < 1.29 is 13.2 Å². The third kappa shape index (κ3) is 3.26. The summed E-state index contributed by atoms with van der Waals surface area (Å²) in [4.78, 5) is 12.1. The summed E-state index contributed by atoms with van der Waals surface area (Å²) in [5.74, 6) is -0.316. The molecular weight excluding hydrogens is 276 g/mol. The first-order valence-electron chi connectivity index (χ1n) is 6.14. The molecule has 0 atom stereocenters. The Bertz CT molecular complexity index is 634. The number of carbonyl (C=O) groups is 1. The van der Waals surface area contributed by atoms with Gasteiger partial charge in [-0.05, 0) is 37.1 Å². The van der Waals surface area contributed by atoms with Crippen molar-refractivity contribution in [2.24, 2.45) is 0 Å². The normalized spacial score (nSPS) is 11.4. The molecule has 0 aliphatic rings. The molecule has 0 aromatic heterocycles. The topological polar surface area (TPSA) is 66.5 Å². The average molecular weight is 296 g/mol. The lowest BCUT2D eigenvalue weighted by atomic mass is 10.1. The minimum absolute atomic E-state index is 0.159. The zero-order valence-electron chi connectivity index (χ0n) is 12.2. The number of rotatable bonds is 5. The molecule has 0 unspecified atom stereocenters. The predicted molar refractivity (Wildman–Crippen MR) is 79.3 cm³/mol. The van der Waals surface area contributed by atoms with E-state index in [1.165, 1.54) is 20.2 Å². The molecule has 1 amide bonds. The fourth-order valence-corrected chi connectivity index (χ4v) is 2.91. The van der Waals surface area contributed by atoms with Gasteiger partial charge in [0.05, 0.1) is 4.90 Å². The molecule has 6 heteroatoms. The third-order valence-corrected chi connectivity index (χ3v) is 4.99. The molecule has 0 heterocycles. The Morgan fingerprint density at radius 2 is 1.95 bits per heavy atom. The van der Waals surface area contributed by atoms with Gasteiger partial charge >= 0.3 is 0 Å². The van der Waals surface area contributed by atoms with Crippen LogP contribution >= 0.6 is 0 Å². The second kappa shape index (κ2) is 6.19. The van der Waals surface area contributed by atoms with Gasteiger partial charge in [-0.25, -0.2) is 12.7 Å². The van der Waals surface area contributed by atoms with Crippen LogP contribution in [0.15, 0.2) is 29.7 Å². The number of hydrogen-bond acceptors (Lipinski definition) is 3. The van der Waals surface area contributed by atoms with Crippen LogP contribution in [0.1, 0.15) is 21.5 Å². The monoisotopic (exact) mass is 296 g/mol. The SMILES string of the molecule is C=CCNC(=O)c1cc(C)c(C)c(S(=O)(=O)N(C)C)c1. The zero-order valence-corrected chi connectivity index (χ0v) is 13.0. The predicted octanol–water partition coefficient (Wildman–Crippen LogP) is 1.47. The molecule has 0 saturated heterocycles. The van der Waals surface area contributed by atoms with Gasteiger partial charge in [0.2, 0.25) is 10.0 Å². The maximum absolute atomic E-state index is 12.3. The number of benzene rings is 1. The van der Waals surface area contributed by atoms with E-state index in [9.17, 15) is 13.2 Å². The van der Waals surface area contributed by atoms with Gasteiger partial charge in [-0.15, -0.1) is 6.58 Å². The van der Waals surface area contributed by atoms with Crippen LogP contribution in [0.3, 0.4) is 0 Å². The fraction of sp³-hybridized carbons (Fsp3) is 0.357. The Balaban J connectivity index is 3.37. The number of carbonyl (C=O) groups excluding carboxylic acids is 1. The highest BCUT2D eigenvalue weighted by Gasteiger charge is 2.22. The molecule has 0 bridgehead atoms. The molecule has 20 heavy (non-hydrogen) atoms. The lowest BCUT2D eigenvalue weighted by Gasteiger charge is -2.16. The highest BCUT2D eigenvalue weighted by molar-refractivity contribution is 7.89. The minimum atomic E-state index is -3.57. The molecule has 5 nitrogen and oxygen atoms in total. The zero-order chi connectivity index (χ0) is 15.5. The molecule has 1 aromatic carbocycles. The van der Waals surface area contributed by atoms with Crippen LogP contribution in [0.25, 0.3) is 0 Å². The summed E-state index contributed by atoms with van der Waals surface area (Å²) in [6, 6.07) is 3.10. The highest BCUT2D eigenvalue weighted by atomic mass is 32.2. The van der Waals surface area contributed by atoms with Crippen LogP contribution in [-0.4, -0.2) is 39.3 Å². The average Bonchev–Trinajstić information content (AvgIpc) is 2.38. The van der Waals surface area contributed by atoms with E-state index >= 15 is 0 Å². The second-order valence-corrected chi connectivity index (χ2v) is 6.82. The van der Waals surface area contributed by atoms with Crippen LogP contribution in [0.4, 0.5) is 0 Å². The van der Waals surface area contributed by atoms with Crippen molar-refractivity contribution in [3.05, 3.63) is 41.5 Å². The summed E-state index contributed by atoms with van der Waals surface area (Å²) in [5.41, 5.74) is 1.74. The minimum Gasteiger partial charge on any atom is -0.349 e. The van der Waals surface area contributed by atoms with Crippen molar-refractivity contribution in [2.75, 3.05) is 20.6 Å². The Morgan fingerprint density at radius 1 is 1.35 bits per heavy atom. The number of nitrogens with zero attached hydrogens (tertiary/aromatic N) is 1. The molecule has 0 fully saturated rings. The molecule has 0 aliphatic heterocycles. The molecule has 1 N–H and O–H groups in total. The molecule has 0 radical (unpaired) electrons. The van der Waals surface area contributed by atoms with Crippen molar-refractivity contribution in [3.63, 3.8) is 0 Å². The third-order valence-electron chi connectivity index (χ3n) is 3.05. The van der Waals surface area contributed by atoms with Crippen LogP contribution < -0.4 is 5.32 Å². The van der Waals surface area contributed by atoms with Gasteiger partial charge in [0.1, 0.15) is 0 Å². The summed E-state index contributed by atoms with van der Waals surface area (Å²) >= 11 is 0. The van der Waals surface area contributed by atoms with Gasteiger partial charge in [0, 0.05) is 26.2 Å². The Hall–Kier alpha value is -1.66. The van der Waals surface area contributed by atoms with Crippen molar-refractivity contribution >= 4 is 15.9 Å². The molecule has 0 aliphatic carbocycles. The van der Waals surface area contributed by atoms with Crippen molar-refractivity contribution in [1.82, 2.24) is 9.62 Å². The Morgan fingerprint density at radius 3 is 2.45 bits per heavy atom. The van der Waals surface area contributed by atoms with E-state index < -0.39 is 10.0 Å². The lowest BCUT2D eigenvalue weighted by Crippen LogP contribution is -2.26. The van der Waals surface area contributed by atoms with E-state index in [1.807, 2.05) is 0 Å². The van der Waals surface area contributed by atoms with Crippen molar-refractivity contribution in [1.29, 1.82) is 0 Å². The van der Waals surface area contributed by atoms with Crippen molar-refractivity contribution in [3.8, 4) is 0 Å². The second-order valence-electron chi connectivity index (χ2n) is 4.70. The maximum atomic E-state index is 12.3. The van der Waals surface area contributed by atoms with E-state index in [1.54, 1.807) is 26.0 Å². The molecular formula is C14H20N2O3S. The highest BCUT2D eigenvalue weighted by Crippen LogP contribution is 2.23. The lowest BCUT2D eigenvalue weighted by molar-refractivity contribution is 0.0957. The number of nitrogens with one attached hydrogen (secondary N) is 1. The Kier molecular flexibility index (Phi) is 5.08. The maximum Gasteiger partial charge on any atom is 0.251 e. The number of amides is 1. The Labute approximate surface area is 120 Å². The number of hydrogen-bond donors (Lipinski definition) is 1. The van der Waals surface area contributed by atoms with Crippen LogP contribution in [0.2, 0.25) is 0 Å². The fourth-order valence-electron chi connectivity index (χ4n) is 1.69. The first kappa shape index (κ1) is 16.4. The van der Waals surface area contributed by atoms with Gasteiger partial charge in [0.15, 0.2) is 0 Å². The van der Waals surface area contributed by atoms with Gasteiger partial charge in [-0.3, -0.25) is 4.79 Å². The van der Waals surface area contributed by atoms with E-state index in [4.69, 9.17) is 0 Å². The van der Waals surface area contributed by atoms with Gasteiger partial charge < -0.3 is 5.32 Å². The standard InChI is InChI=1S/C14H20N2O3S/c1-6-7-15-14(17)12-8-10(2)11(3)13(9-12)20(18,19)16(4)5/h6,8-9H,1,7H2,2-5H3,(H,15,17). The molecule has 110 valence electrons. The first-order valence-corrected chi connectivity index (χ1v) is 7.58.